The number of hydrogen-bond acceptors (Lipinski definition) is 11. The first-order valence-corrected chi connectivity index (χ1v) is 13.0. The van der Waals surface area contributed by atoms with Crippen LogP contribution in [-0.2, 0) is 10.9 Å². The quantitative estimate of drug-likeness (QED) is 0.227. The van der Waals surface area contributed by atoms with Crippen LogP contribution >= 0.6 is 0 Å². The fraction of sp³-hybridized carbons (Fsp3) is 0.385. The molecule has 3 heterocycles. The molecule has 1 aromatic heterocycles. The summed E-state index contributed by atoms with van der Waals surface area (Å²) in [5.41, 5.74) is 1.61. The molecule has 0 spiro atoms. The Bertz CT molecular complexity index is 1360. The van der Waals surface area contributed by atoms with Crippen LogP contribution in [-0.4, -0.2) is 65.5 Å². The molecule has 2 aliphatic heterocycles. The van der Waals surface area contributed by atoms with Crippen LogP contribution in [0.1, 0.15) is 30.4 Å². The van der Waals surface area contributed by atoms with Gasteiger partial charge in [0.05, 0.1) is 29.9 Å². The molecule has 15 heteroatoms. The normalized spacial score (nSPS) is 16.2. The van der Waals surface area contributed by atoms with E-state index in [1.807, 2.05) is 4.90 Å². The summed E-state index contributed by atoms with van der Waals surface area (Å²) in [5, 5.41) is 15.6. The summed E-state index contributed by atoms with van der Waals surface area (Å²) < 4.78 is 49.8. The van der Waals surface area contributed by atoms with Crippen molar-refractivity contribution < 1.29 is 27.6 Å². The molecule has 0 saturated carbocycles. The van der Waals surface area contributed by atoms with E-state index in [1.165, 1.54) is 24.8 Å². The van der Waals surface area contributed by atoms with Crippen LogP contribution in [0.2, 0.25) is 0 Å². The molecular formula is C26H27F3N8O4. The minimum Gasteiger partial charge on any atom is -0.450 e. The van der Waals surface area contributed by atoms with E-state index < -0.39 is 22.4 Å². The first kappa shape index (κ1) is 28.0. The van der Waals surface area contributed by atoms with Crippen LogP contribution in [0.5, 0.6) is 11.5 Å². The number of benzene rings is 2. The van der Waals surface area contributed by atoms with Crippen LogP contribution < -0.4 is 20.0 Å². The first-order chi connectivity index (χ1) is 19.8. The van der Waals surface area contributed by atoms with E-state index in [2.05, 4.69) is 25.4 Å². The van der Waals surface area contributed by atoms with E-state index >= 15 is 0 Å². The number of nitrogens with zero attached hydrogens (tertiary/aromatic N) is 7. The van der Waals surface area contributed by atoms with Crippen molar-refractivity contribution in [2.45, 2.75) is 25.4 Å². The first-order valence-electron chi connectivity index (χ1n) is 13.0. The Morgan fingerprint density at radius 3 is 2.24 bits per heavy atom. The number of hydrazone groups is 1. The lowest BCUT2D eigenvalue weighted by Gasteiger charge is -2.30. The number of anilines is 3. The van der Waals surface area contributed by atoms with Crippen molar-refractivity contribution >= 4 is 29.7 Å². The van der Waals surface area contributed by atoms with Gasteiger partial charge in [0.2, 0.25) is 23.6 Å². The van der Waals surface area contributed by atoms with Gasteiger partial charge in [-0.25, -0.2) is 5.43 Å². The van der Waals surface area contributed by atoms with Crippen molar-refractivity contribution in [2.75, 3.05) is 54.6 Å². The summed E-state index contributed by atoms with van der Waals surface area (Å²) >= 11 is 0. The van der Waals surface area contributed by atoms with Crippen LogP contribution in [0.4, 0.5) is 36.7 Å². The van der Waals surface area contributed by atoms with Crippen LogP contribution in [0.3, 0.4) is 0 Å². The number of alkyl halides is 3. The standard InChI is InChI=1S/C26H27F3N8O4/c27-26(28,29)19-6-9-22(21(16-19)37(38)39)41-20-7-4-18(5-8-20)17-30-34-23-31-24(35-10-2-1-3-11-35)33-25(32-23)36-12-14-40-15-13-36/h4-9,16-17H,1-3,10-15H2,(H,31,32,33,34)/b30-17+. The lowest BCUT2D eigenvalue weighted by Crippen LogP contribution is -2.38. The van der Waals surface area contributed by atoms with E-state index in [4.69, 9.17) is 14.5 Å². The van der Waals surface area contributed by atoms with E-state index in [0.29, 0.717) is 55.8 Å². The largest absolute Gasteiger partial charge is 0.450 e. The highest BCUT2D eigenvalue weighted by Crippen LogP contribution is 2.37. The highest BCUT2D eigenvalue weighted by atomic mass is 19.4. The zero-order chi connectivity index (χ0) is 28.8. The number of morpholine rings is 1. The number of rotatable bonds is 8. The second kappa shape index (κ2) is 12.3. The molecule has 2 aliphatic rings. The van der Waals surface area contributed by atoms with Crippen molar-refractivity contribution in [1.82, 2.24) is 15.0 Å². The Kier molecular flexibility index (Phi) is 8.42. The zero-order valence-electron chi connectivity index (χ0n) is 21.9. The molecule has 0 atom stereocenters. The number of ether oxygens (including phenoxy) is 2. The smallest absolute Gasteiger partial charge is 0.416 e. The monoisotopic (exact) mass is 572 g/mol. The number of halogens is 3. The Hall–Kier alpha value is -4.53. The molecule has 0 aliphatic carbocycles. The SMILES string of the molecule is O=[N+]([O-])c1cc(C(F)(F)F)ccc1Oc1ccc(/C=N/Nc2nc(N3CCCCC3)nc(N3CCOCC3)n2)cc1. The van der Waals surface area contributed by atoms with Crippen molar-refractivity contribution in [2.24, 2.45) is 5.10 Å². The maximum absolute atomic E-state index is 13.0. The molecule has 5 rings (SSSR count). The Morgan fingerprint density at radius 2 is 1.61 bits per heavy atom. The van der Waals surface area contributed by atoms with E-state index in [0.717, 1.165) is 38.1 Å². The van der Waals surface area contributed by atoms with E-state index in [-0.39, 0.29) is 11.5 Å². The maximum Gasteiger partial charge on any atom is 0.416 e. The summed E-state index contributed by atoms with van der Waals surface area (Å²) in [5.74, 6) is 1.35. The summed E-state index contributed by atoms with van der Waals surface area (Å²) in [7, 11) is 0. The third-order valence-corrected chi connectivity index (χ3v) is 6.51. The lowest BCUT2D eigenvalue weighted by molar-refractivity contribution is -0.385. The zero-order valence-corrected chi connectivity index (χ0v) is 21.9. The van der Waals surface area contributed by atoms with Crippen LogP contribution in [0.25, 0.3) is 0 Å². The number of aromatic nitrogens is 3. The van der Waals surface area contributed by atoms with Gasteiger partial charge in [0, 0.05) is 32.2 Å². The molecule has 216 valence electrons. The lowest BCUT2D eigenvalue weighted by atomic mass is 10.1. The highest BCUT2D eigenvalue weighted by molar-refractivity contribution is 5.80. The number of nitro benzene ring substituents is 1. The van der Waals surface area contributed by atoms with Gasteiger partial charge in [-0.1, -0.05) is 0 Å². The molecule has 0 radical (unpaired) electrons. The Labute approximate surface area is 233 Å². The average Bonchev–Trinajstić information content (AvgIpc) is 2.98. The number of piperidine rings is 1. The number of hydrogen-bond donors (Lipinski definition) is 1. The summed E-state index contributed by atoms with van der Waals surface area (Å²) in [6.45, 7) is 4.29. The molecule has 0 amide bonds. The second-order valence-corrected chi connectivity index (χ2v) is 9.38. The fourth-order valence-electron chi connectivity index (χ4n) is 4.38. The molecule has 3 aromatic rings. The summed E-state index contributed by atoms with van der Waals surface area (Å²) in [4.78, 5) is 28.4. The molecule has 0 unspecified atom stereocenters. The van der Waals surface area contributed by atoms with Gasteiger partial charge in [0.1, 0.15) is 5.75 Å². The fourth-order valence-corrected chi connectivity index (χ4v) is 4.38. The van der Waals surface area contributed by atoms with Gasteiger partial charge in [-0.15, -0.1) is 0 Å². The molecule has 2 saturated heterocycles. The van der Waals surface area contributed by atoms with Crippen molar-refractivity contribution in [3.8, 4) is 11.5 Å². The van der Waals surface area contributed by atoms with E-state index in [1.54, 1.807) is 12.1 Å². The predicted octanol–water partition coefficient (Wildman–Crippen LogP) is 4.86. The molecule has 2 aromatic carbocycles. The van der Waals surface area contributed by atoms with Crippen molar-refractivity contribution in [3.63, 3.8) is 0 Å². The maximum atomic E-state index is 13.0. The molecule has 1 N–H and O–H groups in total. The minimum atomic E-state index is -4.71. The minimum absolute atomic E-state index is 0.205. The Morgan fingerprint density at radius 1 is 0.951 bits per heavy atom. The predicted molar refractivity (Wildman–Crippen MR) is 145 cm³/mol. The highest BCUT2D eigenvalue weighted by Gasteiger charge is 2.33. The summed E-state index contributed by atoms with van der Waals surface area (Å²) in [6, 6.07) is 8.44. The number of nitrogens with one attached hydrogen (secondary N) is 1. The molecular weight excluding hydrogens is 545 g/mol. The van der Waals surface area contributed by atoms with Gasteiger partial charge < -0.3 is 19.3 Å². The van der Waals surface area contributed by atoms with Gasteiger partial charge in [0.15, 0.2) is 0 Å². The van der Waals surface area contributed by atoms with Gasteiger partial charge in [-0.05, 0) is 61.2 Å². The van der Waals surface area contributed by atoms with E-state index in [9.17, 15) is 23.3 Å². The molecule has 12 nitrogen and oxygen atoms in total. The third kappa shape index (κ3) is 7.16. The third-order valence-electron chi connectivity index (χ3n) is 6.51. The van der Waals surface area contributed by atoms with Gasteiger partial charge >= 0.3 is 11.9 Å². The number of nitro groups is 1. The van der Waals surface area contributed by atoms with Crippen molar-refractivity contribution in [1.29, 1.82) is 0 Å². The van der Waals surface area contributed by atoms with Crippen LogP contribution in [0, 0.1) is 10.1 Å². The average molecular weight is 573 g/mol. The van der Waals surface area contributed by atoms with Gasteiger partial charge in [-0.2, -0.15) is 33.2 Å². The Balaban J connectivity index is 1.28. The topological polar surface area (TPSA) is 131 Å². The summed E-state index contributed by atoms with van der Waals surface area (Å²) in [6.07, 6.45) is 0.150. The second-order valence-electron chi connectivity index (χ2n) is 9.38. The van der Waals surface area contributed by atoms with Crippen molar-refractivity contribution in [3.05, 3.63) is 63.7 Å². The molecule has 0 bridgehead atoms. The van der Waals surface area contributed by atoms with Crippen LogP contribution in [0.15, 0.2) is 47.6 Å². The van der Waals surface area contributed by atoms with Gasteiger partial charge in [-0.3, -0.25) is 10.1 Å². The van der Waals surface area contributed by atoms with Gasteiger partial charge in [0.25, 0.3) is 0 Å². The molecule has 2 fully saturated rings. The molecule has 41 heavy (non-hydrogen) atoms.